The van der Waals surface area contributed by atoms with Gasteiger partial charge >= 0.3 is 6.09 Å². The minimum atomic E-state index is -0.852. The van der Waals surface area contributed by atoms with Crippen LogP contribution in [0.5, 0.6) is 0 Å². The average molecular weight is 236 g/mol. The van der Waals surface area contributed by atoms with Gasteiger partial charge < -0.3 is 20.6 Å². The van der Waals surface area contributed by atoms with E-state index in [1.165, 1.54) is 4.90 Å². The Bertz CT molecular complexity index is 410. The molecule has 1 aliphatic rings. The number of carbonyl (C=O) groups is 1. The van der Waals surface area contributed by atoms with Crippen molar-refractivity contribution in [2.24, 2.45) is 0 Å². The number of hydrogen-bond acceptors (Lipinski definition) is 4. The van der Waals surface area contributed by atoms with E-state index in [2.05, 4.69) is 9.88 Å². The largest absolute Gasteiger partial charge is 0.465 e. The first-order chi connectivity index (χ1) is 8.18. The maximum atomic E-state index is 10.9. The predicted octanol–water partition coefficient (Wildman–Crippen LogP) is 0.854. The minimum Gasteiger partial charge on any atom is -0.465 e. The zero-order valence-electron chi connectivity index (χ0n) is 9.54. The number of nitrogens with zero attached hydrogens (tertiary/aromatic N) is 3. The predicted molar refractivity (Wildman–Crippen MR) is 65.1 cm³/mol. The molecule has 17 heavy (non-hydrogen) atoms. The van der Waals surface area contributed by atoms with E-state index in [0.717, 1.165) is 18.7 Å². The van der Waals surface area contributed by atoms with Crippen LogP contribution in [0.3, 0.4) is 0 Å². The molecule has 2 rings (SSSR count). The zero-order valence-corrected chi connectivity index (χ0v) is 9.54. The highest BCUT2D eigenvalue weighted by Crippen LogP contribution is 2.22. The molecule has 1 aromatic heterocycles. The van der Waals surface area contributed by atoms with E-state index in [-0.39, 0.29) is 0 Å². The Morgan fingerprint density at radius 3 is 2.88 bits per heavy atom. The van der Waals surface area contributed by atoms with Gasteiger partial charge in [0, 0.05) is 32.4 Å². The van der Waals surface area contributed by atoms with Gasteiger partial charge in [-0.25, -0.2) is 4.79 Å². The highest BCUT2D eigenvalue weighted by molar-refractivity contribution is 5.67. The maximum absolute atomic E-state index is 10.9. The van der Waals surface area contributed by atoms with E-state index in [9.17, 15) is 4.79 Å². The van der Waals surface area contributed by atoms with Crippen LogP contribution in [0.1, 0.15) is 6.42 Å². The number of rotatable bonds is 1. The van der Waals surface area contributed by atoms with Crippen molar-refractivity contribution >= 4 is 17.5 Å². The van der Waals surface area contributed by atoms with Gasteiger partial charge in [-0.05, 0) is 12.5 Å². The average Bonchev–Trinajstić information content (AvgIpc) is 2.55. The molecule has 1 fully saturated rings. The molecule has 3 N–H and O–H groups in total. The van der Waals surface area contributed by atoms with Crippen LogP contribution < -0.4 is 10.6 Å². The summed E-state index contributed by atoms with van der Waals surface area (Å²) < 4.78 is 0. The standard InChI is InChI=1S/C11H16N4O2/c12-9-8-13-3-2-10(9)14-4-1-5-15(7-6-14)11(16)17/h2-3,8H,1,4-7,12H2,(H,16,17). The number of amides is 1. The van der Waals surface area contributed by atoms with Crippen LogP contribution >= 0.6 is 0 Å². The monoisotopic (exact) mass is 236 g/mol. The Hall–Kier alpha value is -1.98. The summed E-state index contributed by atoms with van der Waals surface area (Å²) in [5.74, 6) is 0. The Balaban J connectivity index is 2.09. The van der Waals surface area contributed by atoms with Gasteiger partial charge in [-0.3, -0.25) is 4.98 Å². The van der Waals surface area contributed by atoms with Crippen molar-refractivity contribution in [2.45, 2.75) is 6.42 Å². The number of carboxylic acid groups (broad SMARTS) is 1. The van der Waals surface area contributed by atoms with Gasteiger partial charge in [-0.2, -0.15) is 0 Å². The molecule has 1 amide bonds. The lowest BCUT2D eigenvalue weighted by atomic mass is 10.3. The van der Waals surface area contributed by atoms with Gasteiger partial charge in [-0.1, -0.05) is 0 Å². The fraction of sp³-hybridized carbons (Fsp3) is 0.455. The van der Waals surface area contributed by atoms with Crippen LogP contribution in [-0.2, 0) is 0 Å². The van der Waals surface area contributed by atoms with Crippen molar-refractivity contribution in [3.63, 3.8) is 0 Å². The first-order valence-electron chi connectivity index (χ1n) is 5.61. The number of anilines is 2. The minimum absolute atomic E-state index is 0.511. The number of pyridine rings is 1. The van der Waals surface area contributed by atoms with Crippen LogP contribution in [0.15, 0.2) is 18.5 Å². The second-order valence-corrected chi connectivity index (χ2v) is 4.04. The number of nitrogen functional groups attached to an aromatic ring is 1. The van der Waals surface area contributed by atoms with Gasteiger partial charge in [-0.15, -0.1) is 0 Å². The van der Waals surface area contributed by atoms with Gasteiger partial charge in [0.2, 0.25) is 0 Å². The van der Waals surface area contributed by atoms with Crippen LogP contribution in [0.2, 0.25) is 0 Å². The molecule has 0 spiro atoms. The molecule has 0 radical (unpaired) electrons. The smallest absolute Gasteiger partial charge is 0.407 e. The molecular weight excluding hydrogens is 220 g/mol. The molecule has 0 bridgehead atoms. The molecular formula is C11H16N4O2. The van der Waals surface area contributed by atoms with Crippen molar-refractivity contribution in [2.75, 3.05) is 36.8 Å². The normalized spacial score (nSPS) is 16.7. The van der Waals surface area contributed by atoms with Crippen molar-refractivity contribution in [1.82, 2.24) is 9.88 Å². The van der Waals surface area contributed by atoms with Crippen LogP contribution in [0.4, 0.5) is 16.2 Å². The Kier molecular flexibility index (Phi) is 3.32. The van der Waals surface area contributed by atoms with E-state index in [1.54, 1.807) is 12.4 Å². The van der Waals surface area contributed by atoms with E-state index in [4.69, 9.17) is 10.8 Å². The number of aromatic nitrogens is 1. The SMILES string of the molecule is Nc1cnccc1N1CCCN(C(=O)O)CC1. The first kappa shape index (κ1) is 11.5. The van der Waals surface area contributed by atoms with Crippen molar-refractivity contribution < 1.29 is 9.90 Å². The number of hydrogen-bond donors (Lipinski definition) is 2. The molecule has 92 valence electrons. The van der Waals surface area contributed by atoms with E-state index >= 15 is 0 Å². The van der Waals surface area contributed by atoms with E-state index in [1.807, 2.05) is 6.07 Å². The third-order valence-electron chi connectivity index (χ3n) is 2.93. The molecule has 0 atom stereocenters. The molecule has 6 nitrogen and oxygen atoms in total. The molecule has 0 aliphatic carbocycles. The molecule has 1 aromatic rings. The summed E-state index contributed by atoms with van der Waals surface area (Å²) in [5, 5.41) is 8.95. The summed E-state index contributed by atoms with van der Waals surface area (Å²) in [5.41, 5.74) is 7.44. The lowest BCUT2D eigenvalue weighted by molar-refractivity contribution is 0.148. The molecule has 1 saturated heterocycles. The Morgan fingerprint density at radius 2 is 2.18 bits per heavy atom. The third kappa shape index (κ3) is 2.58. The highest BCUT2D eigenvalue weighted by atomic mass is 16.4. The van der Waals surface area contributed by atoms with Gasteiger partial charge in [0.25, 0.3) is 0 Å². The third-order valence-corrected chi connectivity index (χ3v) is 2.93. The summed E-state index contributed by atoms with van der Waals surface area (Å²) >= 11 is 0. The first-order valence-corrected chi connectivity index (χ1v) is 5.61. The molecule has 2 heterocycles. The van der Waals surface area contributed by atoms with E-state index < -0.39 is 6.09 Å². The van der Waals surface area contributed by atoms with Gasteiger partial charge in [0.15, 0.2) is 0 Å². The molecule has 0 aromatic carbocycles. The van der Waals surface area contributed by atoms with Crippen LogP contribution in [-0.4, -0.2) is 47.3 Å². The zero-order chi connectivity index (χ0) is 12.3. The summed E-state index contributed by atoms with van der Waals surface area (Å²) in [6, 6.07) is 1.87. The second-order valence-electron chi connectivity index (χ2n) is 4.04. The topological polar surface area (TPSA) is 82.7 Å². The van der Waals surface area contributed by atoms with Gasteiger partial charge in [0.1, 0.15) is 0 Å². The lowest BCUT2D eigenvalue weighted by Crippen LogP contribution is -2.34. The summed E-state index contributed by atoms with van der Waals surface area (Å²) in [6.45, 7) is 2.58. The quantitative estimate of drug-likeness (QED) is 0.755. The Labute approximate surface area is 99.7 Å². The van der Waals surface area contributed by atoms with Crippen LogP contribution in [0, 0.1) is 0 Å². The fourth-order valence-electron chi connectivity index (χ4n) is 2.04. The highest BCUT2D eigenvalue weighted by Gasteiger charge is 2.19. The second kappa shape index (κ2) is 4.90. The van der Waals surface area contributed by atoms with E-state index in [0.29, 0.717) is 25.3 Å². The number of nitrogens with two attached hydrogens (primary N) is 1. The maximum Gasteiger partial charge on any atom is 0.407 e. The van der Waals surface area contributed by atoms with Gasteiger partial charge in [0.05, 0.1) is 17.6 Å². The van der Waals surface area contributed by atoms with Crippen molar-refractivity contribution in [3.8, 4) is 0 Å². The summed E-state index contributed by atoms with van der Waals surface area (Å²) in [6.07, 6.45) is 3.28. The van der Waals surface area contributed by atoms with Crippen LogP contribution in [0.25, 0.3) is 0 Å². The summed E-state index contributed by atoms with van der Waals surface area (Å²) in [4.78, 5) is 18.4. The van der Waals surface area contributed by atoms with Crippen molar-refractivity contribution in [1.29, 1.82) is 0 Å². The van der Waals surface area contributed by atoms with Crippen molar-refractivity contribution in [3.05, 3.63) is 18.5 Å². The fourth-order valence-corrected chi connectivity index (χ4v) is 2.04. The molecule has 1 aliphatic heterocycles. The molecule has 6 heteroatoms. The lowest BCUT2D eigenvalue weighted by Gasteiger charge is -2.23. The summed E-state index contributed by atoms with van der Waals surface area (Å²) in [7, 11) is 0. The molecule has 0 unspecified atom stereocenters. The molecule has 0 saturated carbocycles. The Morgan fingerprint density at radius 1 is 1.35 bits per heavy atom.